The van der Waals surface area contributed by atoms with E-state index in [0.717, 1.165) is 4.90 Å². The fourth-order valence-corrected chi connectivity index (χ4v) is 3.45. The highest BCUT2D eigenvalue weighted by Crippen LogP contribution is 2.27. The highest BCUT2D eigenvalue weighted by atomic mass is 32.2. The van der Waals surface area contributed by atoms with Gasteiger partial charge in [0.05, 0.1) is 10.2 Å². The van der Waals surface area contributed by atoms with Crippen LogP contribution in [0.5, 0.6) is 0 Å². The number of non-ortho nitro benzene ring substituents is 1. The van der Waals surface area contributed by atoms with Gasteiger partial charge in [-0.15, -0.1) is 11.8 Å². The van der Waals surface area contributed by atoms with Crippen LogP contribution in [0.25, 0.3) is 0 Å². The lowest BCUT2D eigenvalue weighted by Gasteiger charge is -2.13. The lowest BCUT2D eigenvalue weighted by Crippen LogP contribution is -2.22. The molecule has 3 aromatic rings. The van der Waals surface area contributed by atoms with Crippen LogP contribution in [0.15, 0.2) is 78.0 Å². The Labute approximate surface area is 176 Å². The van der Waals surface area contributed by atoms with Crippen molar-refractivity contribution in [2.75, 3.05) is 10.6 Å². The zero-order valence-corrected chi connectivity index (χ0v) is 16.8. The van der Waals surface area contributed by atoms with Gasteiger partial charge in [-0.05, 0) is 49.4 Å². The Morgan fingerprint density at radius 2 is 1.70 bits per heavy atom. The number of amides is 2. The molecule has 1 unspecified atom stereocenters. The summed E-state index contributed by atoms with van der Waals surface area (Å²) in [5.74, 6) is -0.526. The Morgan fingerprint density at radius 1 is 1.00 bits per heavy atom. The van der Waals surface area contributed by atoms with Gasteiger partial charge in [0, 0.05) is 46.4 Å². The number of nitro benzene ring substituents is 1. The average Bonchev–Trinajstić information content (AvgIpc) is 2.74. The topological polar surface area (TPSA) is 114 Å². The first kappa shape index (κ1) is 21.0. The molecule has 0 fully saturated rings. The lowest BCUT2D eigenvalue weighted by molar-refractivity contribution is -0.384. The first-order chi connectivity index (χ1) is 14.4. The molecule has 0 aliphatic heterocycles. The monoisotopic (exact) mass is 422 g/mol. The molecule has 0 saturated carbocycles. The smallest absolute Gasteiger partial charge is 0.269 e. The van der Waals surface area contributed by atoms with E-state index in [1.165, 1.54) is 36.0 Å². The summed E-state index contributed by atoms with van der Waals surface area (Å²) in [4.78, 5) is 39.7. The van der Waals surface area contributed by atoms with Gasteiger partial charge in [0.1, 0.15) is 0 Å². The molecule has 1 atom stereocenters. The molecule has 0 bridgehead atoms. The fourth-order valence-electron chi connectivity index (χ4n) is 2.52. The fraction of sp³-hybridized carbons (Fsp3) is 0.0952. The zero-order valence-electron chi connectivity index (χ0n) is 15.9. The van der Waals surface area contributed by atoms with Crippen molar-refractivity contribution in [1.82, 2.24) is 4.98 Å². The number of carbonyl (C=O) groups excluding carboxylic acids is 2. The maximum atomic E-state index is 12.4. The van der Waals surface area contributed by atoms with E-state index in [4.69, 9.17) is 0 Å². The van der Waals surface area contributed by atoms with Gasteiger partial charge in [0.15, 0.2) is 0 Å². The predicted molar refractivity (Wildman–Crippen MR) is 116 cm³/mol. The standard InChI is InChI=1S/C21H18N4O4S/c1-14(20(26)23-16-9-11-22-12-10-16)30-19-4-2-3-17(13-19)24-21(27)15-5-7-18(8-6-15)25(28)29/h2-14H,1H3,(H,24,27)(H,22,23,26). The van der Waals surface area contributed by atoms with E-state index in [0.29, 0.717) is 16.9 Å². The number of anilines is 2. The lowest BCUT2D eigenvalue weighted by atomic mass is 10.2. The minimum Gasteiger partial charge on any atom is -0.325 e. The number of hydrogen-bond donors (Lipinski definition) is 2. The molecule has 3 rings (SSSR count). The Morgan fingerprint density at radius 3 is 2.37 bits per heavy atom. The third kappa shape index (κ3) is 5.65. The van der Waals surface area contributed by atoms with Gasteiger partial charge in [-0.2, -0.15) is 0 Å². The third-order valence-electron chi connectivity index (χ3n) is 4.06. The van der Waals surface area contributed by atoms with Crippen LogP contribution < -0.4 is 10.6 Å². The molecule has 1 aromatic heterocycles. The number of hydrogen-bond acceptors (Lipinski definition) is 6. The molecule has 2 amide bonds. The number of benzene rings is 2. The Balaban J connectivity index is 1.61. The van der Waals surface area contributed by atoms with Gasteiger partial charge in [-0.25, -0.2) is 0 Å². The molecule has 0 radical (unpaired) electrons. The molecule has 152 valence electrons. The third-order valence-corrected chi connectivity index (χ3v) is 5.16. The van der Waals surface area contributed by atoms with Crippen molar-refractivity contribution in [2.24, 2.45) is 0 Å². The molecular weight excluding hydrogens is 404 g/mol. The summed E-state index contributed by atoms with van der Waals surface area (Å²) in [5, 5.41) is 15.9. The van der Waals surface area contributed by atoms with Gasteiger partial charge >= 0.3 is 0 Å². The van der Waals surface area contributed by atoms with Crippen LogP contribution in [0.3, 0.4) is 0 Å². The molecule has 0 aliphatic rings. The van der Waals surface area contributed by atoms with Crippen molar-refractivity contribution in [3.8, 4) is 0 Å². The average molecular weight is 422 g/mol. The minimum atomic E-state index is -0.519. The van der Waals surface area contributed by atoms with Crippen LogP contribution in [0.4, 0.5) is 17.1 Å². The molecule has 8 nitrogen and oxygen atoms in total. The Bertz CT molecular complexity index is 1060. The van der Waals surface area contributed by atoms with Crippen LogP contribution >= 0.6 is 11.8 Å². The molecular formula is C21H18N4O4S. The summed E-state index contributed by atoms with van der Waals surface area (Å²) in [6.07, 6.45) is 3.20. The first-order valence-electron chi connectivity index (χ1n) is 8.96. The first-order valence-corrected chi connectivity index (χ1v) is 9.84. The maximum absolute atomic E-state index is 12.4. The van der Waals surface area contributed by atoms with Crippen molar-refractivity contribution in [3.05, 3.63) is 88.7 Å². The molecule has 0 aliphatic carbocycles. The van der Waals surface area contributed by atoms with Crippen molar-refractivity contribution in [1.29, 1.82) is 0 Å². The maximum Gasteiger partial charge on any atom is 0.269 e. The predicted octanol–water partition coefficient (Wildman–Crippen LogP) is 4.36. The van der Waals surface area contributed by atoms with Crippen molar-refractivity contribution < 1.29 is 14.5 Å². The highest BCUT2D eigenvalue weighted by molar-refractivity contribution is 8.00. The van der Waals surface area contributed by atoms with E-state index in [1.54, 1.807) is 49.6 Å². The normalized spacial score (nSPS) is 11.4. The number of aromatic nitrogens is 1. The summed E-state index contributed by atoms with van der Waals surface area (Å²) in [7, 11) is 0. The van der Waals surface area contributed by atoms with Gasteiger partial charge in [0.25, 0.3) is 11.6 Å². The number of carbonyl (C=O) groups is 2. The van der Waals surface area contributed by atoms with Crippen LogP contribution in [-0.4, -0.2) is 27.0 Å². The van der Waals surface area contributed by atoms with Gasteiger partial charge in [-0.3, -0.25) is 24.7 Å². The van der Waals surface area contributed by atoms with E-state index in [2.05, 4.69) is 15.6 Å². The second kappa shape index (κ2) is 9.66. The van der Waals surface area contributed by atoms with E-state index >= 15 is 0 Å². The summed E-state index contributed by atoms with van der Waals surface area (Å²) >= 11 is 1.36. The second-order valence-electron chi connectivity index (χ2n) is 6.27. The quantitative estimate of drug-likeness (QED) is 0.332. The summed E-state index contributed by atoms with van der Waals surface area (Å²) in [6, 6.07) is 15.9. The molecule has 1 heterocycles. The van der Waals surface area contributed by atoms with Crippen LogP contribution in [0.1, 0.15) is 17.3 Å². The van der Waals surface area contributed by atoms with Crippen LogP contribution in [0, 0.1) is 10.1 Å². The summed E-state index contributed by atoms with van der Waals surface area (Å²) in [5.41, 5.74) is 1.46. The van der Waals surface area contributed by atoms with E-state index in [9.17, 15) is 19.7 Å². The SMILES string of the molecule is CC(Sc1cccc(NC(=O)c2ccc([N+](=O)[O-])cc2)c1)C(=O)Nc1ccncc1. The highest BCUT2D eigenvalue weighted by Gasteiger charge is 2.15. The number of thioether (sulfide) groups is 1. The Hall–Kier alpha value is -3.72. The summed E-state index contributed by atoms with van der Waals surface area (Å²) in [6.45, 7) is 1.79. The van der Waals surface area contributed by atoms with Crippen LogP contribution in [-0.2, 0) is 4.79 Å². The van der Waals surface area contributed by atoms with Gasteiger partial charge in [-0.1, -0.05) is 6.07 Å². The molecule has 2 N–H and O–H groups in total. The molecule has 0 saturated heterocycles. The Kier molecular flexibility index (Phi) is 6.76. The van der Waals surface area contributed by atoms with E-state index < -0.39 is 4.92 Å². The van der Waals surface area contributed by atoms with E-state index in [1.807, 2.05) is 6.07 Å². The van der Waals surface area contributed by atoms with E-state index in [-0.39, 0.29) is 22.8 Å². The minimum absolute atomic E-state index is 0.0797. The van der Waals surface area contributed by atoms with Crippen molar-refractivity contribution in [2.45, 2.75) is 17.1 Å². The number of nitrogens with zero attached hydrogens (tertiary/aromatic N) is 2. The van der Waals surface area contributed by atoms with Crippen molar-refractivity contribution in [3.63, 3.8) is 0 Å². The summed E-state index contributed by atoms with van der Waals surface area (Å²) < 4.78 is 0. The molecule has 2 aromatic carbocycles. The number of rotatable bonds is 7. The number of nitro groups is 1. The van der Waals surface area contributed by atoms with Gasteiger partial charge in [0.2, 0.25) is 5.91 Å². The molecule has 9 heteroatoms. The van der Waals surface area contributed by atoms with Gasteiger partial charge < -0.3 is 10.6 Å². The second-order valence-corrected chi connectivity index (χ2v) is 7.69. The number of nitrogens with one attached hydrogen (secondary N) is 2. The molecule has 0 spiro atoms. The largest absolute Gasteiger partial charge is 0.325 e. The number of pyridine rings is 1. The zero-order chi connectivity index (χ0) is 21.5. The molecule has 30 heavy (non-hydrogen) atoms. The van der Waals surface area contributed by atoms with Crippen molar-refractivity contribution >= 4 is 40.6 Å². The van der Waals surface area contributed by atoms with Crippen LogP contribution in [0.2, 0.25) is 0 Å².